The standard InChI is InChI=1S/C16H23ClN2O4S/c1-3-23-15-7-6-13(12-14(15)17)16(20)18-8-5-9-19(11-10-18)24(21,22)4-2/h6-7,12H,3-5,8-11H2,1-2H3. The van der Waals surface area contributed by atoms with Crippen molar-refractivity contribution >= 4 is 27.5 Å². The van der Waals surface area contributed by atoms with Gasteiger partial charge in [0.05, 0.1) is 17.4 Å². The largest absolute Gasteiger partial charge is 0.492 e. The van der Waals surface area contributed by atoms with Crippen LogP contribution in [-0.2, 0) is 10.0 Å². The average Bonchev–Trinajstić information content (AvgIpc) is 2.83. The first-order valence-electron chi connectivity index (χ1n) is 8.08. The minimum absolute atomic E-state index is 0.0788. The second kappa shape index (κ2) is 8.18. The number of nitrogens with zero attached hydrogens (tertiary/aromatic N) is 2. The normalized spacial score (nSPS) is 16.7. The highest BCUT2D eigenvalue weighted by Gasteiger charge is 2.26. The maximum Gasteiger partial charge on any atom is 0.253 e. The molecule has 0 saturated carbocycles. The van der Waals surface area contributed by atoms with Crippen LogP contribution in [0.4, 0.5) is 0 Å². The van der Waals surface area contributed by atoms with Crippen molar-refractivity contribution in [1.29, 1.82) is 0 Å². The van der Waals surface area contributed by atoms with E-state index in [4.69, 9.17) is 16.3 Å². The van der Waals surface area contributed by atoms with Crippen molar-refractivity contribution in [1.82, 2.24) is 9.21 Å². The van der Waals surface area contributed by atoms with E-state index in [-0.39, 0.29) is 11.7 Å². The minimum Gasteiger partial charge on any atom is -0.492 e. The van der Waals surface area contributed by atoms with Crippen LogP contribution in [0.15, 0.2) is 18.2 Å². The molecule has 24 heavy (non-hydrogen) atoms. The summed E-state index contributed by atoms with van der Waals surface area (Å²) in [5.41, 5.74) is 0.482. The molecule has 134 valence electrons. The van der Waals surface area contributed by atoms with Gasteiger partial charge in [0.25, 0.3) is 5.91 Å². The zero-order chi connectivity index (χ0) is 17.7. The Morgan fingerprint density at radius 1 is 1.21 bits per heavy atom. The molecule has 0 N–H and O–H groups in total. The van der Waals surface area contributed by atoms with E-state index in [1.54, 1.807) is 30.0 Å². The molecule has 0 aliphatic carbocycles. The van der Waals surface area contributed by atoms with E-state index in [0.29, 0.717) is 55.5 Å². The first-order valence-corrected chi connectivity index (χ1v) is 10.1. The van der Waals surface area contributed by atoms with Crippen LogP contribution in [0.5, 0.6) is 5.75 Å². The summed E-state index contributed by atoms with van der Waals surface area (Å²) in [6, 6.07) is 4.97. The second-order valence-electron chi connectivity index (χ2n) is 5.52. The van der Waals surface area contributed by atoms with Crippen molar-refractivity contribution < 1.29 is 17.9 Å². The van der Waals surface area contributed by atoms with E-state index in [9.17, 15) is 13.2 Å². The Morgan fingerprint density at radius 2 is 1.96 bits per heavy atom. The van der Waals surface area contributed by atoms with Crippen molar-refractivity contribution in [3.8, 4) is 5.75 Å². The van der Waals surface area contributed by atoms with Gasteiger partial charge in [-0.2, -0.15) is 0 Å². The maximum absolute atomic E-state index is 12.7. The summed E-state index contributed by atoms with van der Waals surface area (Å²) in [6.07, 6.45) is 0.621. The predicted molar refractivity (Wildman–Crippen MR) is 94.2 cm³/mol. The van der Waals surface area contributed by atoms with Gasteiger partial charge in [-0.1, -0.05) is 11.6 Å². The second-order valence-corrected chi connectivity index (χ2v) is 8.19. The van der Waals surface area contributed by atoms with Gasteiger partial charge in [0, 0.05) is 31.7 Å². The van der Waals surface area contributed by atoms with E-state index in [1.807, 2.05) is 6.92 Å². The van der Waals surface area contributed by atoms with Crippen LogP contribution in [0, 0.1) is 0 Å². The number of carbonyl (C=O) groups excluding carboxylic acids is 1. The van der Waals surface area contributed by atoms with Gasteiger partial charge in [-0.05, 0) is 38.5 Å². The first kappa shape index (κ1) is 19.0. The molecule has 1 aromatic rings. The number of halogens is 1. The van der Waals surface area contributed by atoms with Gasteiger partial charge in [-0.3, -0.25) is 4.79 Å². The Hall–Kier alpha value is -1.31. The summed E-state index contributed by atoms with van der Waals surface area (Å²) in [5, 5.41) is 0.396. The van der Waals surface area contributed by atoms with Crippen molar-refractivity contribution in [2.24, 2.45) is 0 Å². The van der Waals surface area contributed by atoms with Crippen LogP contribution in [-0.4, -0.2) is 62.1 Å². The first-order chi connectivity index (χ1) is 11.4. The van der Waals surface area contributed by atoms with Gasteiger partial charge in [0.2, 0.25) is 10.0 Å². The number of sulfonamides is 1. The average molecular weight is 375 g/mol. The molecule has 1 heterocycles. The zero-order valence-corrected chi connectivity index (χ0v) is 15.6. The van der Waals surface area contributed by atoms with Crippen LogP contribution < -0.4 is 4.74 Å². The monoisotopic (exact) mass is 374 g/mol. The lowest BCUT2D eigenvalue weighted by atomic mass is 10.2. The highest BCUT2D eigenvalue weighted by atomic mass is 35.5. The molecule has 1 fully saturated rings. The molecular weight excluding hydrogens is 352 g/mol. The lowest BCUT2D eigenvalue weighted by Crippen LogP contribution is -2.37. The van der Waals surface area contributed by atoms with Gasteiger partial charge in [-0.25, -0.2) is 12.7 Å². The third kappa shape index (κ3) is 4.40. The summed E-state index contributed by atoms with van der Waals surface area (Å²) < 4.78 is 30.8. The summed E-state index contributed by atoms with van der Waals surface area (Å²) in [5.74, 6) is 0.484. The smallest absolute Gasteiger partial charge is 0.253 e. The Labute approximate surface area is 148 Å². The number of benzene rings is 1. The maximum atomic E-state index is 12.7. The van der Waals surface area contributed by atoms with Gasteiger partial charge in [0.1, 0.15) is 5.75 Å². The molecule has 0 radical (unpaired) electrons. The highest BCUT2D eigenvalue weighted by molar-refractivity contribution is 7.89. The lowest BCUT2D eigenvalue weighted by Gasteiger charge is -2.22. The van der Waals surface area contributed by atoms with Crippen molar-refractivity contribution in [2.75, 3.05) is 38.5 Å². The molecule has 0 bridgehead atoms. The highest BCUT2D eigenvalue weighted by Crippen LogP contribution is 2.26. The summed E-state index contributed by atoms with van der Waals surface area (Å²) in [6.45, 7) is 5.67. The van der Waals surface area contributed by atoms with E-state index in [0.717, 1.165) is 0 Å². The predicted octanol–water partition coefficient (Wildman–Crippen LogP) is 2.24. The van der Waals surface area contributed by atoms with Crippen LogP contribution in [0.25, 0.3) is 0 Å². The number of rotatable bonds is 5. The van der Waals surface area contributed by atoms with Crippen LogP contribution in [0.1, 0.15) is 30.6 Å². The number of ether oxygens (including phenoxy) is 1. The number of hydrogen-bond acceptors (Lipinski definition) is 4. The molecule has 0 atom stereocenters. The Balaban J connectivity index is 2.09. The van der Waals surface area contributed by atoms with Crippen LogP contribution in [0.3, 0.4) is 0 Å². The lowest BCUT2D eigenvalue weighted by molar-refractivity contribution is 0.0764. The fraction of sp³-hybridized carbons (Fsp3) is 0.562. The van der Waals surface area contributed by atoms with E-state index >= 15 is 0 Å². The molecule has 1 saturated heterocycles. The molecular formula is C16H23ClN2O4S. The molecule has 1 aliphatic rings. The molecule has 1 amide bonds. The Kier molecular flexibility index (Phi) is 6.48. The molecule has 2 rings (SSSR count). The van der Waals surface area contributed by atoms with Crippen LogP contribution in [0.2, 0.25) is 5.02 Å². The van der Waals surface area contributed by atoms with Gasteiger partial charge < -0.3 is 9.64 Å². The van der Waals surface area contributed by atoms with Crippen LogP contribution >= 0.6 is 11.6 Å². The molecule has 8 heteroatoms. The third-order valence-corrected chi connectivity index (χ3v) is 6.16. The van der Waals surface area contributed by atoms with Gasteiger partial charge in [0.15, 0.2) is 0 Å². The van der Waals surface area contributed by atoms with Crippen molar-refractivity contribution in [3.05, 3.63) is 28.8 Å². The van der Waals surface area contributed by atoms with E-state index in [1.165, 1.54) is 4.31 Å². The third-order valence-electron chi connectivity index (χ3n) is 3.98. The Bertz CT molecular complexity index is 693. The Morgan fingerprint density at radius 3 is 2.58 bits per heavy atom. The SMILES string of the molecule is CCOc1ccc(C(=O)N2CCCN(S(=O)(=O)CC)CC2)cc1Cl. The summed E-state index contributed by atoms with van der Waals surface area (Å²) in [7, 11) is -3.22. The molecule has 0 unspecified atom stereocenters. The summed E-state index contributed by atoms with van der Waals surface area (Å²) >= 11 is 6.14. The van der Waals surface area contributed by atoms with Crippen molar-refractivity contribution in [3.63, 3.8) is 0 Å². The zero-order valence-electron chi connectivity index (χ0n) is 14.0. The van der Waals surface area contributed by atoms with E-state index < -0.39 is 10.0 Å². The quantitative estimate of drug-likeness (QED) is 0.792. The molecule has 6 nitrogen and oxygen atoms in total. The molecule has 1 aromatic carbocycles. The van der Waals surface area contributed by atoms with Crippen molar-refractivity contribution in [2.45, 2.75) is 20.3 Å². The minimum atomic E-state index is -3.22. The molecule has 0 spiro atoms. The fourth-order valence-corrected chi connectivity index (χ4v) is 4.01. The summed E-state index contributed by atoms with van der Waals surface area (Å²) in [4.78, 5) is 14.3. The topological polar surface area (TPSA) is 66.9 Å². The van der Waals surface area contributed by atoms with E-state index in [2.05, 4.69) is 0 Å². The van der Waals surface area contributed by atoms with Gasteiger partial charge >= 0.3 is 0 Å². The number of amides is 1. The molecule has 1 aliphatic heterocycles. The number of carbonyl (C=O) groups is 1. The van der Waals surface area contributed by atoms with Gasteiger partial charge in [-0.15, -0.1) is 0 Å². The number of hydrogen-bond donors (Lipinski definition) is 0. The fourth-order valence-electron chi connectivity index (χ4n) is 2.65. The molecule has 0 aromatic heterocycles.